The summed E-state index contributed by atoms with van der Waals surface area (Å²) in [6.07, 6.45) is 4.66. The lowest BCUT2D eigenvalue weighted by molar-refractivity contribution is 0.203. The molecule has 0 bridgehead atoms. The molecule has 1 fully saturated rings. The summed E-state index contributed by atoms with van der Waals surface area (Å²) >= 11 is 0. The molecule has 1 aromatic carbocycles. The van der Waals surface area contributed by atoms with Gasteiger partial charge in [0, 0.05) is 0 Å². The first kappa shape index (κ1) is 15.6. The van der Waals surface area contributed by atoms with Gasteiger partial charge in [-0.15, -0.1) is 0 Å². The van der Waals surface area contributed by atoms with Gasteiger partial charge in [0.05, 0.1) is 5.56 Å². The Kier molecular flexibility index (Phi) is 5.44. The van der Waals surface area contributed by atoms with E-state index in [1.165, 1.54) is 12.1 Å². The molecule has 1 nitrogen and oxygen atoms in total. The fraction of sp³-hybridized carbons (Fsp3) is 0.471. The molecule has 2 rings (SSSR count). The quantitative estimate of drug-likeness (QED) is 0.701. The van der Waals surface area contributed by atoms with E-state index in [1.807, 2.05) is 12.1 Å². The maximum Gasteiger partial charge on any atom is 0.257 e. The number of alkyl halides is 2. The van der Waals surface area contributed by atoms with E-state index in [1.54, 1.807) is 6.08 Å². The van der Waals surface area contributed by atoms with Crippen LogP contribution in [0.5, 0.6) is 0 Å². The standard InChI is InChI=1S/C17H18F3N/c18-16-10-14(8-9-15(16)11-21)13-6-4-12(5-7-13)2-1-3-17(19)20/h1,3,8-10,12-13,17H,2,4-7H2/b3-1+. The Labute approximate surface area is 123 Å². The van der Waals surface area contributed by atoms with Crippen LogP contribution in [0.1, 0.15) is 49.1 Å². The average molecular weight is 293 g/mol. The van der Waals surface area contributed by atoms with Crippen LogP contribution < -0.4 is 0 Å². The molecule has 0 spiro atoms. The van der Waals surface area contributed by atoms with E-state index in [-0.39, 0.29) is 5.56 Å². The summed E-state index contributed by atoms with van der Waals surface area (Å²) in [5.41, 5.74) is 1.01. The average Bonchev–Trinajstić information content (AvgIpc) is 2.47. The van der Waals surface area contributed by atoms with E-state index in [0.29, 0.717) is 18.3 Å². The van der Waals surface area contributed by atoms with Crippen molar-refractivity contribution in [2.24, 2.45) is 5.92 Å². The number of hydrogen-bond donors (Lipinski definition) is 0. The van der Waals surface area contributed by atoms with Crippen molar-refractivity contribution in [1.29, 1.82) is 5.26 Å². The fourth-order valence-corrected chi connectivity index (χ4v) is 2.98. The number of halogens is 3. The molecule has 0 atom stereocenters. The minimum absolute atomic E-state index is 0.0737. The highest BCUT2D eigenvalue weighted by Crippen LogP contribution is 2.37. The molecule has 1 aliphatic carbocycles. The lowest BCUT2D eigenvalue weighted by Gasteiger charge is -2.28. The van der Waals surface area contributed by atoms with E-state index in [4.69, 9.17) is 5.26 Å². The van der Waals surface area contributed by atoms with Crippen molar-refractivity contribution in [3.05, 3.63) is 47.3 Å². The number of nitriles is 1. The zero-order chi connectivity index (χ0) is 15.2. The summed E-state index contributed by atoms with van der Waals surface area (Å²) in [7, 11) is 0. The first-order valence-corrected chi connectivity index (χ1v) is 7.24. The van der Waals surface area contributed by atoms with Gasteiger partial charge in [-0.25, -0.2) is 13.2 Å². The van der Waals surface area contributed by atoms with Crippen LogP contribution in [0.4, 0.5) is 13.2 Å². The number of rotatable bonds is 4. The predicted octanol–water partition coefficient (Wildman–Crippen LogP) is 5.18. The SMILES string of the molecule is N#Cc1ccc(C2CCC(C/C=C/C(F)F)CC2)cc1F. The largest absolute Gasteiger partial charge is 0.257 e. The van der Waals surface area contributed by atoms with Gasteiger partial charge in [-0.1, -0.05) is 12.1 Å². The van der Waals surface area contributed by atoms with Crippen LogP contribution in [-0.4, -0.2) is 6.43 Å². The Morgan fingerprint density at radius 3 is 2.52 bits per heavy atom. The summed E-state index contributed by atoms with van der Waals surface area (Å²) in [5.74, 6) is 0.291. The van der Waals surface area contributed by atoms with Crippen molar-refractivity contribution in [2.75, 3.05) is 0 Å². The summed E-state index contributed by atoms with van der Waals surface area (Å²) in [5, 5.41) is 8.73. The first-order valence-electron chi connectivity index (χ1n) is 7.24. The van der Waals surface area contributed by atoms with Crippen LogP contribution in [0.25, 0.3) is 0 Å². The van der Waals surface area contributed by atoms with Gasteiger partial charge in [-0.3, -0.25) is 0 Å². The molecule has 0 amide bonds. The lowest BCUT2D eigenvalue weighted by atomic mass is 9.77. The van der Waals surface area contributed by atoms with E-state index in [2.05, 4.69) is 0 Å². The second-order valence-electron chi connectivity index (χ2n) is 5.57. The minimum atomic E-state index is -2.37. The molecule has 0 unspecified atom stereocenters. The highest BCUT2D eigenvalue weighted by atomic mass is 19.3. The maximum absolute atomic E-state index is 13.6. The Balaban J connectivity index is 1.89. The molecule has 0 radical (unpaired) electrons. The highest BCUT2D eigenvalue weighted by molar-refractivity contribution is 5.34. The Bertz CT molecular complexity index is 537. The molecule has 21 heavy (non-hydrogen) atoms. The van der Waals surface area contributed by atoms with Gasteiger partial charge in [0.1, 0.15) is 11.9 Å². The number of nitrogens with zero attached hydrogens (tertiary/aromatic N) is 1. The molecule has 0 aromatic heterocycles. The van der Waals surface area contributed by atoms with Gasteiger partial charge in [-0.05, 0) is 67.7 Å². The monoisotopic (exact) mass is 293 g/mol. The summed E-state index contributed by atoms with van der Waals surface area (Å²) in [4.78, 5) is 0. The van der Waals surface area contributed by atoms with Crippen molar-refractivity contribution >= 4 is 0 Å². The molecular formula is C17H18F3N. The van der Waals surface area contributed by atoms with Crippen molar-refractivity contribution in [3.8, 4) is 6.07 Å². The van der Waals surface area contributed by atoms with E-state index >= 15 is 0 Å². The Hall–Kier alpha value is -1.76. The first-order chi connectivity index (χ1) is 10.1. The van der Waals surface area contributed by atoms with Crippen molar-refractivity contribution in [2.45, 2.75) is 44.4 Å². The molecule has 0 heterocycles. The highest BCUT2D eigenvalue weighted by Gasteiger charge is 2.22. The molecule has 1 saturated carbocycles. The van der Waals surface area contributed by atoms with Crippen LogP contribution in [-0.2, 0) is 0 Å². The zero-order valence-electron chi connectivity index (χ0n) is 11.7. The van der Waals surface area contributed by atoms with Crippen LogP contribution in [0.3, 0.4) is 0 Å². The van der Waals surface area contributed by atoms with E-state index < -0.39 is 12.2 Å². The summed E-state index contributed by atoms with van der Waals surface area (Å²) in [6, 6.07) is 6.63. The Morgan fingerprint density at radius 1 is 1.24 bits per heavy atom. The maximum atomic E-state index is 13.6. The second kappa shape index (κ2) is 7.31. The topological polar surface area (TPSA) is 23.8 Å². The Morgan fingerprint density at radius 2 is 1.95 bits per heavy atom. The molecule has 0 N–H and O–H groups in total. The third kappa shape index (κ3) is 4.35. The van der Waals surface area contributed by atoms with Crippen molar-refractivity contribution in [1.82, 2.24) is 0 Å². The molecule has 112 valence electrons. The van der Waals surface area contributed by atoms with E-state index in [9.17, 15) is 13.2 Å². The van der Waals surface area contributed by atoms with Gasteiger partial charge >= 0.3 is 0 Å². The van der Waals surface area contributed by atoms with Crippen LogP contribution in [0.15, 0.2) is 30.4 Å². The fourth-order valence-electron chi connectivity index (χ4n) is 2.98. The molecular weight excluding hydrogens is 275 g/mol. The zero-order valence-corrected chi connectivity index (χ0v) is 11.7. The van der Waals surface area contributed by atoms with Crippen LogP contribution >= 0.6 is 0 Å². The summed E-state index contributed by atoms with van der Waals surface area (Å²) in [6.45, 7) is 0. The van der Waals surface area contributed by atoms with Crippen LogP contribution in [0, 0.1) is 23.1 Å². The number of hydrogen-bond acceptors (Lipinski definition) is 1. The van der Waals surface area contributed by atoms with Gasteiger partial charge in [0.25, 0.3) is 6.43 Å². The van der Waals surface area contributed by atoms with Crippen molar-refractivity contribution in [3.63, 3.8) is 0 Å². The molecule has 1 aliphatic rings. The number of benzene rings is 1. The lowest BCUT2D eigenvalue weighted by Crippen LogP contribution is -2.13. The van der Waals surface area contributed by atoms with E-state index in [0.717, 1.165) is 37.3 Å². The second-order valence-corrected chi connectivity index (χ2v) is 5.57. The molecule has 0 saturated heterocycles. The minimum Gasteiger partial charge on any atom is -0.206 e. The van der Waals surface area contributed by atoms with Gasteiger partial charge in [0.2, 0.25) is 0 Å². The smallest absolute Gasteiger partial charge is 0.206 e. The third-order valence-corrected chi connectivity index (χ3v) is 4.18. The normalized spacial score (nSPS) is 22.6. The van der Waals surface area contributed by atoms with Gasteiger partial charge in [0.15, 0.2) is 0 Å². The van der Waals surface area contributed by atoms with Crippen molar-refractivity contribution < 1.29 is 13.2 Å². The van der Waals surface area contributed by atoms with Gasteiger partial charge < -0.3 is 0 Å². The molecule has 1 aromatic rings. The molecule has 0 aliphatic heterocycles. The predicted molar refractivity (Wildman–Crippen MR) is 75.6 cm³/mol. The molecule has 4 heteroatoms. The van der Waals surface area contributed by atoms with Crippen LogP contribution in [0.2, 0.25) is 0 Å². The number of allylic oxidation sites excluding steroid dienone is 2. The van der Waals surface area contributed by atoms with Gasteiger partial charge in [-0.2, -0.15) is 5.26 Å². The summed E-state index contributed by atoms with van der Waals surface area (Å²) < 4.78 is 37.7. The third-order valence-electron chi connectivity index (χ3n) is 4.18.